The lowest BCUT2D eigenvalue weighted by molar-refractivity contribution is 0.107. The zero-order chi connectivity index (χ0) is 36.2. The molecule has 2 aromatic heterocycles. The molecule has 1 unspecified atom stereocenters. The fourth-order valence-electron chi connectivity index (χ4n) is 7.92. The van der Waals surface area contributed by atoms with Gasteiger partial charge in [0.1, 0.15) is 29.0 Å². The number of alkyl carbamates (subject to hydrolysis) is 1. The number of aryl methyl sites for hydroxylation is 1. The van der Waals surface area contributed by atoms with E-state index in [1.165, 1.54) is 13.2 Å². The Bertz CT molecular complexity index is 1940. The first-order valence-electron chi connectivity index (χ1n) is 18.1. The van der Waals surface area contributed by atoms with E-state index in [-0.39, 0.29) is 52.6 Å². The Hall–Kier alpha value is -4.36. The zero-order valence-corrected chi connectivity index (χ0v) is 29.9. The Balaban J connectivity index is 0.00000220. The molecular weight excluding hydrogens is 658 g/mol. The highest BCUT2D eigenvalue weighted by molar-refractivity contribution is 6.00. The Morgan fingerprint density at radius 2 is 1.82 bits per heavy atom. The van der Waals surface area contributed by atoms with Gasteiger partial charge >= 0.3 is 6.09 Å². The van der Waals surface area contributed by atoms with Crippen molar-refractivity contribution in [2.75, 3.05) is 46.5 Å². The lowest BCUT2D eigenvalue weighted by Gasteiger charge is -2.34. The van der Waals surface area contributed by atoms with E-state index in [0.29, 0.717) is 41.5 Å². The molecule has 0 radical (unpaired) electrons. The third kappa shape index (κ3) is 7.36. The highest BCUT2D eigenvalue weighted by atomic mass is 19.1. The van der Waals surface area contributed by atoms with Crippen LogP contribution < -0.4 is 25.7 Å². The molecule has 1 atom stereocenters. The van der Waals surface area contributed by atoms with E-state index >= 15 is 8.78 Å². The van der Waals surface area contributed by atoms with E-state index in [1.54, 1.807) is 18.2 Å². The molecule has 0 saturated carbocycles. The molecule has 3 saturated heterocycles. The quantitative estimate of drug-likeness (QED) is 0.164. The molecule has 1 amide bonds. The fraction of sp³-hybridized carbons (Fsp3) is 0.526. The SMILES string of the molecule is CC.COc1nc(-c2cccc3ccc(F)c(CCCOC(=O)NC4(C)CCCNC4)c23)c(F)c2nc(OCC34CCCN3CCC4)[nH]c(=O)c12. The van der Waals surface area contributed by atoms with Gasteiger partial charge in [-0.3, -0.25) is 14.7 Å². The molecule has 274 valence electrons. The highest BCUT2D eigenvalue weighted by Gasteiger charge is 2.45. The van der Waals surface area contributed by atoms with Gasteiger partial charge in [0.25, 0.3) is 11.6 Å². The lowest BCUT2D eigenvalue weighted by Crippen LogP contribution is -2.55. The van der Waals surface area contributed by atoms with Crippen LogP contribution in [0.15, 0.2) is 35.1 Å². The molecule has 13 heteroatoms. The number of ether oxygens (including phenoxy) is 3. The average Bonchev–Trinajstić information content (AvgIpc) is 3.72. The summed E-state index contributed by atoms with van der Waals surface area (Å²) in [6.07, 6.45) is 6.00. The summed E-state index contributed by atoms with van der Waals surface area (Å²) in [4.78, 5) is 39.7. The number of aromatic nitrogens is 3. The molecule has 11 nitrogen and oxygen atoms in total. The van der Waals surface area contributed by atoms with Gasteiger partial charge in [0.15, 0.2) is 5.82 Å². The van der Waals surface area contributed by atoms with Gasteiger partial charge in [0.05, 0.1) is 24.8 Å². The van der Waals surface area contributed by atoms with Gasteiger partial charge in [-0.05, 0) is 100 Å². The zero-order valence-electron chi connectivity index (χ0n) is 29.9. The number of pyridine rings is 1. The predicted molar refractivity (Wildman–Crippen MR) is 192 cm³/mol. The van der Waals surface area contributed by atoms with E-state index in [1.807, 2.05) is 26.8 Å². The molecule has 51 heavy (non-hydrogen) atoms. The first-order valence-corrected chi connectivity index (χ1v) is 18.1. The number of nitrogens with zero attached hydrogens (tertiary/aromatic N) is 3. The summed E-state index contributed by atoms with van der Waals surface area (Å²) in [7, 11) is 1.34. The van der Waals surface area contributed by atoms with Gasteiger partial charge in [0.2, 0.25) is 5.88 Å². The number of hydrogen-bond acceptors (Lipinski definition) is 9. The summed E-state index contributed by atoms with van der Waals surface area (Å²) in [5.74, 6) is -1.43. The van der Waals surface area contributed by atoms with Crippen LogP contribution in [0.25, 0.3) is 32.9 Å². The number of nitrogens with one attached hydrogen (secondary N) is 3. The molecule has 0 bridgehead atoms. The minimum absolute atomic E-state index is 0.0677. The lowest BCUT2D eigenvalue weighted by atomic mass is 9.93. The maximum absolute atomic E-state index is 16.6. The molecular formula is C38H48F2N6O5. The molecule has 0 aliphatic carbocycles. The second-order valence-electron chi connectivity index (χ2n) is 13.7. The number of methoxy groups -OCH3 is 1. The van der Waals surface area contributed by atoms with Crippen molar-refractivity contribution in [3.8, 4) is 23.1 Å². The highest BCUT2D eigenvalue weighted by Crippen LogP contribution is 2.40. The Morgan fingerprint density at radius 1 is 1.04 bits per heavy atom. The van der Waals surface area contributed by atoms with Crippen LogP contribution in [0.1, 0.15) is 71.3 Å². The first kappa shape index (κ1) is 36.4. The van der Waals surface area contributed by atoms with E-state index in [9.17, 15) is 9.59 Å². The van der Waals surface area contributed by atoms with Gasteiger partial charge < -0.3 is 24.8 Å². The molecule has 5 heterocycles. The summed E-state index contributed by atoms with van der Waals surface area (Å²) in [5.41, 5.74) is -0.849. The summed E-state index contributed by atoms with van der Waals surface area (Å²) in [5, 5.41) is 7.21. The first-order chi connectivity index (χ1) is 24.7. The third-order valence-electron chi connectivity index (χ3n) is 10.4. The average molecular weight is 707 g/mol. The summed E-state index contributed by atoms with van der Waals surface area (Å²) in [6, 6.07) is 8.12. The number of aromatic amines is 1. The fourth-order valence-corrected chi connectivity index (χ4v) is 7.92. The van der Waals surface area contributed by atoms with E-state index < -0.39 is 23.3 Å². The van der Waals surface area contributed by atoms with Crippen LogP contribution in [0.2, 0.25) is 0 Å². The number of fused-ring (bicyclic) bond motifs is 3. The second-order valence-corrected chi connectivity index (χ2v) is 13.7. The minimum Gasteiger partial charge on any atom is -0.480 e. The van der Waals surface area contributed by atoms with Crippen molar-refractivity contribution >= 4 is 27.8 Å². The van der Waals surface area contributed by atoms with Crippen LogP contribution in [0.4, 0.5) is 13.6 Å². The van der Waals surface area contributed by atoms with Gasteiger partial charge in [-0.1, -0.05) is 38.1 Å². The molecule has 4 aromatic rings. The number of amides is 1. The summed E-state index contributed by atoms with van der Waals surface area (Å²) in [6.45, 7) is 9.98. The molecule has 2 aromatic carbocycles. The largest absolute Gasteiger partial charge is 0.480 e. The Kier molecular flexibility index (Phi) is 11.1. The Labute approximate surface area is 296 Å². The number of hydrogen-bond donors (Lipinski definition) is 3. The number of H-pyrrole nitrogens is 1. The molecule has 0 spiro atoms. The second kappa shape index (κ2) is 15.5. The molecule has 7 rings (SSSR count). The number of rotatable bonds is 10. The van der Waals surface area contributed by atoms with E-state index in [4.69, 9.17) is 14.2 Å². The predicted octanol–water partition coefficient (Wildman–Crippen LogP) is 6.26. The van der Waals surface area contributed by atoms with Crippen molar-refractivity contribution in [3.05, 3.63) is 57.9 Å². The van der Waals surface area contributed by atoms with Crippen molar-refractivity contribution in [2.24, 2.45) is 0 Å². The molecule has 3 aliphatic rings. The van der Waals surface area contributed by atoms with Crippen molar-refractivity contribution in [3.63, 3.8) is 0 Å². The topological polar surface area (TPSA) is 131 Å². The van der Waals surface area contributed by atoms with Crippen LogP contribution in [0, 0.1) is 11.6 Å². The van der Waals surface area contributed by atoms with Crippen LogP contribution >= 0.6 is 0 Å². The maximum Gasteiger partial charge on any atom is 0.407 e. The van der Waals surface area contributed by atoms with Crippen molar-refractivity contribution in [1.82, 2.24) is 30.5 Å². The van der Waals surface area contributed by atoms with Crippen LogP contribution in [0.5, 0.6) is 11.9 Å². The number of carbonyl (C=O) groups is 1. The van der Waals surface area contributed by atoms with Crippen LogP contribution in [0.3, 0.4) is 0 Å². The number of carbonyl (C=O) groups excluding carboxylic acids is 1. The molecule has 3 fully saturated rings. The van der Waals surface area contributed by atoms with Crippen molar-refractivity contribution in [1.29, 1.82) is 0 Å². The Morgan fingerprint density at radius 3 is 2.55 bits per heavy atom. The van der Waals surface area contributed by atoms with E-state index in [2.05, 4.69) is 30.5 Å². The summed E-state index contributed by atoms with van der Waals surface area (Å²) >= 11 is 0. The third-order valence-corrected chi connectivity index (χ3v) is 10.4. The van der Waals surface area contributed by atoms with Crippen molar-refractivity contribution < 1.29 is 27.8 Å². The standard InChI is InChI=1S/C36H42F2N6O5.C2H6/c1-35(13-5-16-39-20-35)43-34(46)48-19-4-10-23-25(37)12-11-22-8-3-9-24(26(22)23)29-28(38)30-27(32(40-29)47-2)31(45)42-33(41-30)49-21-36-14-6-17-44(36)18-7-15-36;1-2/h3,8-9,11-12,39H,4-7,10,13-21H2,1-2H3,(H,43,46)(H,41,42,45);1-2H3. The number of piperidine rings is 1. The van der Waals surface area contributed by atoms with Crippen molar-refractivity contribution in [2.45, 2.75) is 83.2 Å². The maximum atomic E-state index is 16.6. The van der Waals surface area contributed by atoms with E-state index in [0.717, 1.165) is 58.2 Å². The smallest absolute Gasteiger partial charge is 0.407 e. The minimum atomic E-state index is -0.846. The number of halogens is 2. The number of benzene rings is 2. The summed E-state index contributed by atoms with van der Waals surface area (Å²) < 4.78 is 49.1. The van der Waals surface area contributed by atoms with Gasteiger partial charge in [-0.15, -0.1) is 0 Å². The molecule has 3 N–H and O–H groups in total. The van der Waals surface area contributed by atoms with Gasteiger partial charge in [-0.25, -0.2) is 18.6 Å². The van der Waals surface area contributed by atoms with Crippen LogP contribution in [-0.2, 0) is 11.2 Å². The van der Waals surface area contributed by atoms with Gasteiger partial charge in [0, 0.05) is 12.1 Å². The monoisotopic (exact) mass is 706 g/mol. The van der Waals surface area contributed by atoms with Gasteiger partial charge in [-0.2, -0.15) is 4.98 Å². The molecule has 3 aliphatic heterocycles. The van der Waals surface area contributed by atoms with Crippen LogP contribution in [-0.4, -0.2) is 83.5 Å². The normalized spacial score (nSPS) is 19.7.